The second kappa shape index (κ2) is 4.49. The molecule has 0 aliphatic carbocycles. The minimum Gasteiger partial charge on any atom is -0.481 e. The summed E-state index contributed by atoms with van der Waals surface area (Å²) >= 11 is 0. The van der Waals surface area contributed by atoms with Crippen molar-refractivity contribution in [3.8, 4) is 0 Å². The third-order valence-corrected chi connectivity index (χ3v) is 3.64. The molecule has 94 valence electrons. The van der Waals surface area contributed by atoms with Gasteiger partial charge in [-0.05, 0) is 32.9 Å². The first kappa shape index (κ1) is 12.1. The molecule has 0 atom stereocenters. The van der Waals surface area contributed by atoms with Gasteiger partial charge < -0.3 is 5.11 Å². The van der Waals surface area contributed by atoms with Gasteiger partial charge in [-0.15, -0.1) is 0 Å². The van der Waals surface area contributed by atoms with Crippen LogP contribution in [-0.2, 0) is 18.4 Å². The fourth-order valence-corrected chi connectivity index (χ4v) is 2.23. The van der Waals surface area contributed by atoms with Gasteiger partial charge in [0, 0.05) is 25.4 Å². The van der Waals surface area contributed by atoms with Crippen LogP contribution in [0.15, 0.2) is 12.4 Å². The summed E-state index contributed by atoms with van der Waals surface area (Å²) in [5.41, 5.74) is 0.650. The summed E-state index contributed by atoms with van der Waals surface area (Å²) < 4.78 is 1.79. The van der Waals surface area contributed by atoms with Crippen LogP contribution < -0.4 is 0 Å². The predicted octanol–water partition coefficient (Wildman–Crippen LogP) is 1.11. The van der Waals surface area contributed by atoms with Gasteiger partial charge in [0.25, 0.3) is 0 Å². The Morgan fingerprint density at radius 1 is 1.53 bits per heavy atom. The molecule has 1 saturated heterocycles. The Bertz CT molecular complexity index is 406. The molecule has 1 aliphatic heterocycles. The summed E-state index contributed by atoms with van der Waals surface area (Å²) in [6.45, 7) is 4.40. The molecule has 5 nitrogen and oxygen atoms in total. The Labute approximate surface area is 101 Å². The lowest BCUT2D eigenvalue weighted by molar-refractivity contribution is -0.150. The minimum absolute atomic E-state index is 0.536. The quantitative estimate of drug-likeness (QED) is 0.855. The molecule has 1 aliphatic rings. The molecule has 1 fully saturated rings. The minimum atomic E-state index is -0.668. The Hall–Kier alpha value is -1.36. The third kappa shape index (κ3) is 2.66. The van der Waals surface area contributed by atoms with E-state index in [9.17, 15) is 4.79 Å². The van der Waals surface area contributed by atoms with Gasteiger partial charge in [0.05, 0.1) is 11.6 Å². The zero-order valence-corrected chi connectivity index (χ0v) is 10.4. The fourth-order valence-electron chi connectivity index (χ4n) is 2.23. The number of piperidine rings is 1. The molecule has 0 radical (unpaired) electrons. The molecule has 0 bridgehead atoms. The zero-order chi connectivity index (χ0) is 12.5. The highest BCUT2D eigenvalue weighted by Crippen LogP contribution is 2.31. The molecule has 0 saturated carbocycles. The first-order valence-corrected chi connectivity index (χ1v) is 5.93. The first-order valence-electron chi connectivity index (χ1n) is 5.93. The molecule has 0 unspecified atom stereocenters. The molecular formula is C12H19N3O2. The van der Waals surface area contributed by atoms with Crippen molar-refractivity contribution in [1.82, 2.24) is 14.7 Å². The summed E-state index contributed by atoms with van der Waals surface area (Å²) in [7, 11) is 1.90. The van der Waals surface area contributed by atoms with Crippen molar-refractivity contribution < 1.29 is 9.90 Å². The Morgan fingerprint density at radius 3 is 2.65 bits per heavy atom. The van der Waals surface area contributed by atoms with E-state index in [0.717, 1.165) is 32.5 Å². The highest BCUT2D eigenvalue weighted by Gasteiger charge is 2.36. The smallest absolute Gasteiger partial charge is 0.309 e. The number of aryl methyl sites for hydroxylation is 1. The van der Waals surface area contributed by atoms with E-state index >= 15 is 0 Å². The summed E-state index contributed by atoms with van der Waals surface area (Å²) in [5.74, 6) is -0.668. The van der Waals surface area contributed by atoms with Gasteiger partial charge in [0.15, 0.2) is 0 Å². The maximum Gasteiger partial charge on any atom is 0.309 e. The van der Waals surface area contributed by atoms with E-state index in [0.29, 0.717) is 0 Å². The highest BCUT2D eigenvalue weighted by molar-refractivity contribution is 5.74. The lowest BCUT2D eigenvalue weighted by Gasteiger charge is -2.36. The number of rotatable bonds is 3. The normalized spacial score (nSPS) is 20.4. The van der Waals surface area contributed by atoms with Crippen LogP contribution in [0.3, 0.4) is 0 Å². The van der Waals surface area contributed by atoms with E-state index < -0.39 is 11.4 Å². The molecule has 1 N–H and O–H groups in total. The number of nitrogens with zero attached hydrogens (tertiary/aromatic N) is 3. The van der Waals surface area contributed by atoms with E-state index in [1.165, 1.54) is 5.56 Å². The number of carboxylic acid groups (broad SMARTS) is 1. The highest BCUT2D eigenvalue weighted by atomic mass is 16.4. The molecule has 0 spiro atoms. The molecule has 2 heterocycles. The number of hydrogen-bond acceptors (Lipinski definition) is 3. The maximum absolute atomic E-state index is 11.1. The van der Waals surface area contributed by atoms with Crippen LogP contribution in [0.5, 0.6) is 0 Å². The lowest BCUT2D eigenvalue weighted by atomic mass is 9.80. The van der Waals surface area contributed by atoms with Crippen molar-refractivity contribution in [3.63, 3.8) is 0 Å². The number of aromatic nitrogens is 2. The molecule has 0 amide bonds. The van der Waals surface area contributed by atoms with Crippen LogP contribution >= 0.6 is 0 Å². The first-order chi connectivity index (χ1) is 7.99. The van der Waals surface area contributed by atoms with Crippen molar-refractivity contribution in [2.24, 2.45) is 12.5 Å². The predicted molar refractivity (Wildman–Crippen MR) is 63.5 cm³/mol. The van der Waals surface area contributed by atoms with E-state index in [1.54, 1.807) is 4.68 Å². The van der Waals surface area contributed by atoms with E-state index in [2.05, 4.69) is 10.00 Å². The Balaban J connectivity index is 1.89. The summed E-state index contributed by atoms with van der Waals surface area (Å²) in [5, 5.41) is 13.3. The summed E-state index contributed by atoms with van der Waals surface area (Å²) in [4.78, 5) is 13.4. The van der Waals surface area contributed by atoms with Crippen molar-refractivity contribution in [1.29, 1.82) is 0 Å². The average Bonchev–Trinajstić information content (AvgIpc) is 2.67. The molecule has 5 heteroatoms. The van der Waals surface area contributed by atoms with Crippen LogP contribution in [0.4, 0.5) is 0 Å². The Kier molecular flexibility index (Phi) is 3.19. The Morgan fingerprint density at radius 2 is 2.18 bits per heavy atom. The molecule has 1 aromatic heterocycles. The van der Waals surface area contributed by atoms with E-state index in [-0.39, 0.29) is 0 Å². The standard InChI is InChI=1S/C12H19N3O2/c1-12(11(16)17)3-5-15(6-4-12)9-10-7-13-14(2)8-10/h7-8H,3-6,9H2,1-2H3,(H,16,17). The van der Waals surface area contributed by atoms with E-state index in [1.807, 2.05) is 26.4 Å². The number of hydrogen-bond donors (Lipinski definition) is 1. The zero-order valence-electron chi connectivity index (χ0n) is 10.4. The van der Waals surface area contributed by atoms with Crippen molar-refractivity contribution in [2.75, 3.05) is 13.1 Å². The number of carboxylic acids is 1. The largest absolute Gasteiger partial charge is 0.481 e. The number of carbonyl (C=O) groups is 1. The third-order valence-electron chi connectivity index (χ3n) is 3.64. The van der Waals surface area contributed by atoms with Crippen LogP contribution in [-0.4, -0.2) is 38.8 Å². The molecule has 0 aromatic carbocycles. The van der Waals surface area contributed by atoms with Gasteiger partial charge in [0.2, 0.25) is 0 Å². The van der Waals surface area contributed by atoms with Crippen molar-refractivity contribution in [2.45, 2.75) is 26.3 Å². The average molecular weight is 237 g/mol. The fraction of sp³-hybridized carbons (Fsp3) is 0.667. The van der Waals surface area contributed by atoms with Crippen LogP contribution in [0.2, 0.25) is 0 Å². The van der Waals surface area contributed by atoms with Crippen molar-refractivity contribution >= 4 is 5.97 Å². The van der Waals surface area contributed by atoms with Crippen LogP contribution in [0, 0.1) is 5.41 Å². The maximum atomic E-state index is 11.1. The van der Waals surface area contributed by atoms with Gasteiger partial charge >= 0.3 is 5.97 Å². The second-order valence-corrected chi connectivity index (χ2v) is 5.16. The summed E-state index contributed by atoms with van der Waals surface area (Å²) in [6.07, 6.45) is 5.32. The number of likely N-dealkylation sites (tertiary alicyclic amines) is 1. The van der Waals surface area contributed by atoms with Gasteiger partial charge in [0.1, 0.15) is 0 Å². The molecule has 1 aromatic rings. The molecule has 2 rings (SSSR count). The van der Waals surface area contributed by atoms with Gasteiger partial charge in [-0.3, -0.25) is 14.4 Å². The van der Waals surface area contributed by atoms with Gasteiger partial charge in [-0.1, -0.05) is 0 Å². The van der Waals surface area contributed by atoms with Gasteiger partial charge in [-0.25, -0.2) is 0 Å². The second-order valence-electron chi connectivity index (χ2n) is 5.16. The van der Waals surface area contributed by atoms with E-state index in [4.69, 9.17) is 5.11 Å². The SMILES string of the molecule is Cn1cc(CN2CCC(C)(C(=O)O)CC2)cn1. The van der Waals surface area contributed by atoms with Crippen LogP contribution in [0.25, 0.3) is 0 Å². The topological polar surface area (TPSA) is 58.4 Å². The van der Waals surface area contributed by atoms with Crippen LogP contribution in [0.1, 0.15) is 25.3 Å². The lowest BCUT2D eigenvalue weighted by Crippen LogP contribution is -2.42. The number of aliphatic carboxylic acids is 1. The monoisotopic (exact) mass is 237 g/mol. The summed E-state index contributed by atoms with van der Waals surface area (Å²) in [6, 6.07) is 0. The molecular weight excluding hydrogens is 218 g/mol. The van der Waals surface area contributed by atoms with Crippen molar-refractivity contribution in [3.05, 3.63) is 18.0 Å². The van der Waals surface area contributed by atoms with Gasteiger partial charge in [-0.2, -0.15) is 5.10 Å². The molecule has 17 heavy (non-hydrogen) atoms.